The summed E-state index contributed by atoms with van der Waals surface area (Å²) in [6.07, 6.45) is 0. The summed E-state index contributed by atoms with van der Waals surface area (Å²) in [6.45, 7) is 8.83. The Bertz CT molecular complexity index is 606. The van der Waals surface area contributed by atoms with E-state index in [2.05, 4.69) is 42.1 Å². The van der Waals surface area contributed by atoms with Gasteiger partial charge in [0.1, 0.15) is 0 Å². The van der Waals surface area contributed by atoms with Crippen molar-refractivity contribution in [3.05, 3.63) is 23.8 Å². The number of aromatic nitrogens is 2. The molecule has 20 heavy (non-hydrogen) atoms. The van der Waals surface area contributed by atoms with Gasteiger partial charge >= 0.3 is 0 Å². The lowest BCUT2D eigenvalue weighted by Crippen LogP contribution is -2.33. The number of carbonyl (C=O) groups is 1. The number of imidazole rings is 1. The molecule has 5 heteroatoms. The average Bonchev–Trinajstić information content (AvgIpc) is 2.76. The molecule has 108 valence electrons. The van der Waals surface area contributed by atoms with Crippen LogP contribution in [0.5, 0.6) is 0 Å². The van der Waals surface area contributed by atoms with Gasteiger partial charge in [-0.15, -0.1) is 0 Å². The van der Waals surface area contributed by atoms with Gasteiger partial charge in [0.15, 0.2) is 5.16 Å². The van der Waals surface area contributed by atoms with Gasteiger partial charge in [-0.05, 0) is 37.5 Å². The molecular weight excluding hydrogens is 270 g/mol. The third-order valence-electron chi connectivity index (χ3n) is 2.96. The van der Waals surface area contributed by atoms with Crippen LogP contribution in [0.2, 0.25) is 0 Å². The predicted molar refractivity (Wildman–Crippen MR) is 84.0 cm³/mol. The number of aryl methyl sites for hydroxylation is 1. The standard InChI is InChI=1S/C15H21N3OS/c1-9(2)8-16-14(19)11(4)20-15-17-12-6-5-10(3)7-13(12)18-15/h5-7,9,11H,8H2,1-4H3,(H,16,19)(H,17,18). The molecule has 0 aliphatic heterocycles. The van der Waals surface area contributed by atoms with E-state index in [4.69, 9.17) is 0 Å². The zero-order chi connectivity index (χ0) is 14.7. The van der Waals surface area contributed by atoms with Crippen LogP contribution in [0.1, 0.15) is 26.3 Å². The Morgan fingerprint density at radius 3 is 2.85 bits per heavy atom. The van der Waals surface area contributed by atoms with Crippen LogP contribution in [-0.4, -0.2) is 27.7 Å². The third kappa shape index (κ3) is 3.76. The number of thioether (sulfide) groups is 1. The van der Waals surface area contributed by atoms with Gasteiger partial charge in [0.25, 0.3) is 0 Å². The summed E-state index contributed by atoms with van der Waals surface area (Å²) in [5.41, 5.74) is 3.15. The average molecular weight is 291 g/mol. The van der Waals surface area contributed by atoms with E-state index in [-0.39, 0.29) is 11.2 Å². The fraction of sp³-hybridized carbons (Fsp3) is 0.467. The van der Waals surface area contributed by atoms with E-state index in [0.717, 1.165) is 16.2 Å². The molecule has 0 aliphatic rings. The van der Waals surface area contributed by atoms with Gasteiger partial charge in [-0.25, -0.2) is 4.98 Å². The summed E-state index contributed by atoms with van der Waals surface area (Å²) < 4.78 is 0. The molecule has 0 saturated heterocycles. The van der Waals surface area contributed by atoms with E-state index in [0.29, 0.717) is 12.5 Å². The van der Waals surface area contributed by atoms with Crippen molar-refractivity contribution in [3.8, 4) is 0 Å². The molecule has 1 amide bonds. The Labute approximate surface area is 123 Å². The van der Waals surface area contributed by atoms with Gasteiger partial charge in [0.2, 0.25) is 5.91 Å². The van der Waals surface area contributed by atoms with Gasteiger partial charge in [-0.2, -0.15) is 0 Å². The van der Waals surface area contributed by atoms with Crippen molar-refractivity contribution < 1.29 is 4.79 Å². The molecule has 2 aromatic rings. The van der Waals surface area contributed by atoms with E-state index >= 15 is 0 Å². The Morgan fingerprint density at radius 2 is 2.15 bits per heavy atom. The molecule has 1 aromatic heterocycles. The number of hydrogen-bond donors (Lipinski definition) is 2. The van der Waals surface area contributed by atoms with E-state index < -0.39 is 0 Å². The molecule has 0 fully saturated rings. The number of rotatable bonds is 5. The van der Waals surface area contributed by atoms with Crippen LogP contribution in [0.25, 0.3) is 11.0 Å². The van der Waals surface area contributed by atoms with Crippen LogP contribution in [0.4, 0.5) is 0 Å². The zero-order valence-corrected chi connectivity index (χ0v) is 13.2. The minimum atomic E-state index is -0.157. The van der Waals surface area contributed by atoms with Crippen molar-refractivity contribution in [1.29, 1.82) is 0 Å². The first-order chi connectivity index (χ1) is 9.45. The minimum Gasteiger partial charge on any atom is -0.355 e. The van der Waals surface area contributed by atoms with Crippen LogP contribution in [0.15, 0.2) is 23.4 Å². The summed E-state index contributed by atoms with van der Waals surface area (Å²) in [6, 6.07) is 6.10. The Kier molecular flexibility index (Phi) is 4.70. The molecule has 1 heterocycles. The molecule has 0 spiro atoms. The number of fused-ring (bicyclic) bond motifs is 1. The lowest BCUT2D eigenvalue weighted by atomic mass is 10.2. The Morgan fingerprint density at radius 1 is 1.40 bits per heavy atom. The van der Waals surface area contributed by atoms with E-state index in [9.17, 15) is 4.79 Å². The molecule has 0 radical (unpaired) electrons. The van der Waals surface area contributed by atoms with Crippen molar-refractivity contribution in [3.63, 3.8) is 0 Å². The smallest absolute Gasteiger partial charge is 0.233 e. The van der Waals surface area contributed by atoms with Crippen molar-refractivity contribution in [2.24, 2.45) is 5.92 Å². The number of aromatic amines is 1. The van der Waals surface area contributed by atoms with E-state index in [1.807, 2.05) is 19.1 Å². The maximum absolute atomic E-state index is 11.9. The van der Waals surface area contributed by atoms with Crippen molar-refractivity contribution in [2.45, 2.75) is 38.1 Å². The Balaban J connectivity index is 2.02. The van der Waals surface area contributed by atoms with Crippen LogP contribution in [0.3, 0.4) is 0 Å². The summed E-state index contributed by atoms with van der Waals surface area (Å²) in [5.74, 6) is 0.519. The monoisotopic (exact) mass is 291 g/mol. The number of benzene rings is 1. The molecule has 2 N–H and O–H groups in total. The van der Waals surface area contributed by atoms with Crippen LogP contribution < -0.4 is 5.32 Å². The number of nitrogens with zero attached hydrogens (tertiary/aromatic N) is 1. The second-order valence-electron chi connectivity index (χ2n) is 5.46. The number of H-pyrrole nitrogens is 1. The molecule has 0 bridgehead atoms. The minimum absolute atomic E-state index is 0.0559. The first-order valence-corrected chi connectivity index (χ1v) is 7.74. The van der Waals surface area contributed by atoms with Gasteiger partial charge in [-0.1, -0.05) is 31.7 Å². The maximum atomic E-state index is 11.9. The summed E-state index contributed by atoms with van der Waals surface area (Å²) >= 11 is 1.46. The molecule has 2 rings (SSSR count). The van der Waals surface area contributed by atoms with Gasteiger partial charge in [0.05, 0.1) is 16.3 Å². The molecule has 0 saturated carbocycles. The first-order valence-electron chi connectivity index (χ1n) is 6.86. The van der Waals surface area contributed by atoms with E-state index in [1.165, 1.54) is 17.3 Å². The molecule has 1 unspecified atom stereocenters. The molecule has 0 aliphatic carbocycles. The fourth-order valence-corrected chi connectivity index (χ4v) is 2.67. The zero-order valence-electron chi connectivity index (χ0n) is 12.4. The van der Waals surface area contributed by atoms with Crippen molar-refractivity contribution in [2.75, 3.05) is 6.54 Å². The maximum Gasteiger partial charge on any atom is 0.233 e. The van der Waals surface area contributed by atoms with Gasteiger partial charge in [-0.3, -0.25) is 4.79 Å². The number of amides is 1. The van der Waals surface area contributed by atoms with E-state index in [1.54, 1.807) is 0 Å². The third-order valence-corrected chi connectivity index (χ3v) is 3.94. The highest BCUT2D eigenvalue weighted by Gasteiger charge is 2.16. The number of hydrogen-bond acceptors (Lipinski definition) is 3. The summed E-state index contributed by atoms with van der Waals surface area (Å²) in [7, 11) is 0. The topological polar surface area (TPSA) is 57.8 Å². The SMILES string of the molecule is Cc1ccc2nc(SC(C)C(=O)NCC(C)C)[nH]c2c1. The normalized spacial score (nSPS) is 12.8. The quantitative estimate of drug-likeness (QED) is 0.832. The highest BCUT2D eigenvalue weighted by Crippen LogP contribution is 2.24. The largest absolute Gasteiger partial charge is 0.355 e. The molecular formula is C15H21N3OS. The van der Waals surface area contributed by atoms with Crippen LogP contribution in [0, 0.1) is 12.8 Å². The number of nitrogens with one attached hydrogen (secondary N) is 2. The highest BCUT2D eigenvalue weighted by atomic mass is 32.2. The van der Waals surface area contributed by atoms with Crippen molar-refractivity contribution >= 4 is 28.7 Å². The number of carbonyl (C=O) groups excluding carboxylic acids is 1. The summed E-state index contributed by atoms with van der Waals surface area (Å²) in [5, 5.41) is 3.58. The fourth-order valence-electron chi connectivity index (χ4n) is 1.83. The highest BCUT2D eigenvalue weighted by molar-refractivity contribution is 8.00. The Hall–Kier alpha value is -1.49. The van der Waals surface area contributed by atoms with Gasteiger partial charge in [0, 0.05) is 6.54 Å². The lowest BCUT2D eigenvalue weighted by molar-refractivity contribution is -0.120. The second-order valence-corrected chi connectivity index (χ2v) is 6.79. The predicted octanol–water partition coefficient (Wildman–Crippen LogP) is 3.12. The van der Waals surface area contributed by atoms with Gasteiger partial charge < -0.3 is 10.3 Å². The van der Waals surface area contributed by atoms with Crippen LogP contribution in [-0.2, 0) is 4.79 Å². The lowest BCUT2D eigenvalue weighted by Gasteiger charge is -2.11. The van der Waals surface area contributed by atoms with Crippen LogP contribution >= 0.6 is 11.8 Å². The van der Waals surface area contributed by atoms with Crippen molar-refractivity contribution in [1.82, 2.24) is 15.3 Å². The molecule has 1 aromatic carbocycles. The summed E-state index contributed by atoms with van der Waals surface area (Å²) in [4.78, 5) is 19.7. The molecule has 1 atom stereocenters. The second kappa shape index (κ2) is 6.31. The molecule has 4 nitrogen and oxygen atoms in total. The first kappa shape index (κ1) is 14.9.